The summed E-state index contributed by atoms with van der Waals surface area (Å²) in [6, 6.07) is 34.8. The van der Waals surface area contributed by atoms with Gasteiger partial charge in [0, 0.05) is 37.2 Å². The van der Waals surface area contributed by atoms with Crippen molar-refractivity contribution in [3.63, 3.8) is 0 Å². The van der Waals surface area contributed by atoms with Crippen LogP contribution in [0.2, 0.25) is 0 Å². The molecule has 0 saturated heterocycles. The number of hydrogen-bond acceptors (Lipinski definition) is 6. The van der Waals surface area contributed by atoms with Gasteiger partial charge in [0.2, 0.25) is 0 Å². The number of pyridine rings is 6. The summed E-state index contributed by atoms with van der Waals surface area (Å²) in [4.78, 5) is 25.1. The number of nitrogens with zero attached hydrogens (tertiary/aromatic N) is 6. The maximum absolute atomic E-state index is 4.70. The van der Waals surface area contributed by atoms with Crippen LogP contribution >= 0.6 is 20.4 Å². The molecule has 0 saturated carbocycles. The summed E-state index contributed by atoms with van der Waals surface area (Å²) in [5.41, 5.74) is 5.49. The summed E-state index contributed by atoms with van der Waals surface area (Å²) in [6.45, 7) is 0. The van der Waals surface area contributed by atoms with Crippen molar-refractivity contribution < 1.29 is 12.7 Å². The Morgan fingerprint density at radius 3 is 0.564 bits per heavy atom. The van der Waals surface area contributed by atoms with Crippen molar-refractivity contribution in [2.45, 2.75) is 0 Å². The first-order valence-electron chi connectivity index (χ1n) is 11.6. The molecule has 6 heterocycles. The molecule has 0 unspecified atom stereocenters. The minimum atomic E-state index is 0.569. The van der Waals surface area contributed by atoms with Crippen LogP contribution in [0.1, 0.15) is 0 Å². The monoisotopic (exact) mass is 596 g/mol. The number of halogens is 2. The third-order valence-corrected chi connectivity index (χ3v) is 4.78. The van der Waals surface area contributed by atoms with Crippen LogP contribution in [0.4, 0.5) is 0 Å². The van der Waals surface area contributed by atoms with Crippen LogP contribution in [0.25, 0.3) is 34.2 Å². The Balaban J connectivity index is 0.000000154. The zero-order valence-electron chi connectivity index (χ0n) is 20.6. The molecule has 0 amide bonds. The van der Waals surface area contributed by atoms with Gasteiger partial charge >= 0.3 is 33.0 Å². The Bertz CT molecular complexity index is 1130. The second-order valence-electron chi connectivity index (χ2n) is 7.34. The fourth-order valence-electron chi connectivity index (χ4n) is 3.09. The summed E-state index contributed by atoms with van der Waals surface area (Å²) < 4.78 is 0. The van der Waals surface area contributed by atoms with E-state index >= 15 is 0 Å². The molecule has 6 nitrogen and oxygen atoms in total. The molecule has 0 aliphatic heterocycles. The van der Waals surface area contributed by atoms with Gasteiger partial charge in [0.25, 0.3) is 0 Å². The average molecular weight is 598 g/mol. The van der Waals surface area contributed by atoms with Gasteiger partial charge in [-0.15, -0.1) is 0 Å². The molecule has 0 aliphatic carbocycles. The van der Waals surface area contributed by atoms with Crippen molar-refractivity contribution in [3.05, 3.63) is 146 Å². The maximum atomic E-state index is 4.70. The molecular weight excluding hydrogens is 574 g/mol. The largest absolute Gasteiger partial charge is 0.255 e. The van der Waals surface area contributed by atoms with Crippen molar-refractivity contribution in [1.29, 1.82) is 0 Å². The van der Waals surface area contributed by atoms with Gasteiger partial charge in [0.1, 0.15) is 0 Å². The molecule has 6 aromatic heterocycles. The second-order valence-corrected chi connectivity index (χ2v) is 8.97. The number of aromatic nitrogens is 6. The molecule has 0 aliphatic rings. The van der Waals surface area contributed by atoms with E-state index in [9.17, 15) is 0 Å². The fraction of sp³-hybridized carbons (Fsp3) is 0. The maximum Gasteiger partial charge on any atom is 0.0886 e. The molecule has 0 fully saturated rings. The molecule has 0 atom stereocenters. The molecule has 198 valence electrons. The zero-order chi connectivity index (χ0) is 27.4. The van der Waals surface area contributed by atoms with Crippen LogP contribution in [0.15, 0.2) is 146 Å². The molecule has 39 heavy (non-hydrogen) atoms. The van der Waals surface area contributed by atoms with Crippen molar-refractivity contribution in [1.82, 2.24) is 29.9 Å². The van der Waals surface area contributed by atoms with Crippen molar-refractivity contribution >= 4 is 20.4 Å². The van der Waals surface area contributed by atoms with E-state index in [0.717, 1.165) is 34.2 Å². The Morgan fingerprint density at radius 2 is 0.462 bits per heavy atom. The number of rotatable bonds is 3. The summed E-state index contributed by atoms with van der Waals surface area (Å²) in [6.07, 6.45) is 10.6. The van der Waals surface area contributed by atoms with Crippen LogP contribution in [0.3, 0.4) is 0 Å². The Labute approximate surface area is 242 Å². The molecular formula is C30H24Cl2N6Ni. The van der Waals surface area contributed by atoms with Gasteiger partial charge in [-0.3, -0.25) is 29.9 Å². The molecule has 6 aromatic rings. The van der Waals surface area contributed by atoms with Crippen LogP contribution in [0, 0.1) is 0 Å². The predicted molar refractivity (Wildman–Crippen MR) is 154 cm³/mol. The van der Waals surface area contributed by atoms with Crippen LogP contribution in [-0.2, 0) is 12.7 Å². The zero-order valence-corrected chi connectivity index (χ0v) is 23.1. The molecule has 0 radical (unpaired) electrons. The van der Waals surface area contributed by atoms with Crippen molar-refractivity contribution in [2.24, 2.45) is 0 Å². The summed E-state index contributed by atoms with van der Waals surface area (Å²) >= 11 is 0.569. The van der Waals surface area contributed by atoms with Gasteiger partial charge in [-0.1, -0.05) is 36.4 Å². The summed E-state index contributed by atoms with van der Waals surface area (Å²) in [7, 11) is 9.40. The third kappa shape index (κ3) is 11.1. The van der Waals surface area contributed by atoms with E-state index in [0.29, 0.717) is 12.7 Å². The van der Waals surface area contributed by atoms with Crippen molar-refractivity contribution in [2.75, 3.05) is 0 Å². The minimum absolute atomic E-state index is 0.569. The van der Waals surface area contributed by atoms with E-state index in [1.54, 1.807) is 37.2 Å². The normalized spacial score (nSPS) is 9.49. The molecule has 0 spiro atoms. The quantitative estimate of drug-likeness (QED) is 0.194. The van der Waals surface area contributed by atoms with Crippen molar-refractivity contribution in [3.8, 4) is 34.2 Å². The van der Waals surface area contributed by atoms with Crippen LogP contribution < -0.4 is 0 Å². The van der Waals surface area contributed by atoms with E-state index in [1.807, 2.05) is 109 Å². The van der Waals surface area contributed by atoms with E-state index in [1.165, 1.54) is 0 Å². The Kier molecular flexibility index (Phi) is 13.8. The standard InChI is InChI=1S/3C10H8N2.2ClH.Ni/c3*1-3-7-11-9(5-1)10-6-2-4-8-12-10;;;/h3*1-8H;2*1H;/q;;;;;+2/p-2. The molecule has 6 rings (SSSR count). The topological polar surface area (TPSA) is 77.3 Å². The second kappa shape index (κ2) is 18.3. The average Bonchev–Trinajstić information content (AvgIpc) is 3.05. The first-order valence-corrected chi connectivity index (χ1v) is 14.3. The first kappa shape index (κ1) is 29.5. The Hall–Kier alpha value is -4.03. The van der Waals surface area contributed by atoms with Crippen LogP contribution in [-0.4, -0.2) is 29.9 Å². The molecule has 9 heteroatoms. The smallest absolute Gasteiger partial charge is 0.0886 e. The van der Waals surface area contributed by atoms with Gasteiger partial charge in [-0.05, 0) is 72.8 Å². The fourth-order valence-corrected chi connectivity index (χ4v) is 3.09. The van der Waals surface area contributed by atoms with E-state index in [4.69, 9.17) is 20.4 Å². The molecule has 0 aromatic carbocycles. The predicted octanol–water partition coefficient (Wildman–Crippen LogP) is 7.81. The van der Waals surface area contributed by atoms with Gasteiger partial charge < -0.3 is 0 Å². The minimum Gasteiger partial charge on any atom is -0.255 e. The van der Waals surface area contributed by atoms with Gasteiger partial charge in [-0.25, -0.2) is 0 Å². The molecule has 0 N–H and O–H groups in total. The van der Waals surface area contributed by atoms with E-state index < -0.39 is 0 Å². The van der Waals surface area contributed by atoms with Gasteiger partial charge in [0.15, 0.2) is 0 Å². The Morgan fingerprint density at radius 1 is 0.308 bits per heavy atom. The molecule has 0 bridgehead atoms. The number of hydrogen-bond donors (Lipinski definition) is 0. The third-order valence-electron chi connectivity index (χ3n) is 4.78. The van der Waals surface area contributed by atoms with Gasteiger partial charge in [0.05, 0.1) is 34.2 Å². The van der Waals surface area contributed by atoms with E-state index in [2.05, 4.69) is 29.9 Å². The van der Waals surface area contributed by atoms with Crippen LogP contribution in [0.5, 0.6) is 0 Å². The first-order chi connectivity index (χ1) is 19.3. The summed E-state index contributed by atoms with van der Waals surface area (Å²) in [5.74, 6) is 0. The van der Waals surface area contributed by atoms with Gasteiger partial charge in [-0.2, -0.15) is 0 Å². The van der Waals surface area contributed by atoms with E-state index in [-0.39, 0.29) is 0 Å². The SMILES string of the molecule is [Cl][Ni][Cl].c1ccc(-c2ccccn2)nc1.c1ccc(-c2ccccn2)nc1.c1ccc(-c2ccccn2)nc1. The summed E-state index contributed by atoms with van der Waals surface area (Å²) in [5, 5.41) is 0.